The van der Waals surface area contributed by atoms with Gasteiger partial charge in [0.1, 0.15) is 78.5 Å². The van der Waals surface area contributed by atoms with Crippen LogP contribution >= 0.6 is 23.4 Å². The zero-order valence-corrected chi connectivity index (χ0v) is 60.1. The fraction of sp³-hybridized carbons (Fsp3) is 0.515. The summed E-state index contributed by atoms with van der Waals surface area (Å²) in [6.07, 6.45) is -4.34. The van der Waals surface area contributed by atoms with Crippen molar-refractivity contribution in [3.63, 3.8) is 0 Å². The van der Waals surface area contributed by atoms with Gasteiger partial charge in [-0.05, 0) is 89.1 Å². The van der Waals surface area contributed by atoms with E-state index in [0.717, 1.165) is 40.3 Å². The third-order valence-corrected chi connectivity index (χ3v) is 18.6. The predicted octanol–water partition coefficient (Wildman–Crippen LogP) is -3.53. The third kappa shape index (κ3) is 24.2. The van der Waals surface area contributed by atoms with Crippen LogP contribution in [0.1, 0.15) is 91.3 Å². The van der Waals surface area contributed by atoms with Crippen molar-refractivity contribution in [2.75, 3.05) is 32.1 Å². The first-order valence-electron chi connectivity index (χ1n) is 33.2. The lowest BCUT2D eigenvalue weighted by atomic mass is 10.0. The van der Waals surface area contributed by atoms with Crippen LogP contribution in [0.5, 0.6) is 0 Å². The Morgan fingerprint density at radius 2 is 0.931 bits per heavy atom. The van der Waals surface area contributed by atoms with E-state index < -0.39 is 197 Å². The van der Waals surface area contributed by atoms with Gasteiger partial charge in [-0.2, -0.15) is 0 Å². The predicted molar refractivity (Wildman–Crippen MR) is 374 cm³/mol. The van der Waals surface area contributed by atoms with Gasteiger partial charge in [0.15, 0.2) is 0 Å². The van der Waals surface area contributed by atoms with Crippen LogP contribution in [0.25, 0.3) is 0 Å². The summed E-state index contributed by atoms with van der Waals surface area (Å²) in [5.74, 6) is -15.5. The highest BCUT2D eigenvalue weighted by Crippen LogP contribution is 2.21. The lowest BCUT2D eigenvalue weighted by molar-refractivity contribution is -0.145. The average molecular weight is 1460 g/mol. The summed E-state index contributed by atoms with van der Waals surface area (Å²) >= 11 is 7.04. The first-order valence-corrected chi connectivity index (χ1v) is 34.7. The first kappa shape index (κ1) is 82.9. The molecule has 32 nitrogen and oxygen atoms in total. The summed E-state index contributed by atoms with van der Waals surface area (Å²) < 4.78 is 0. The fourth-order valence-corrected chi connectivity index (χ4v) is 12.0. The van der Waals surface area contributed by atoms with Gasteiger partial charge < -0.3 is 89.5 Å². The van der Waals surface area contributed by atoms with Crippen LogP contribution in [0, 0.1) is 5.92 Å². The van der Waals surface area contributed by atoms with Gasteiger partial charge >= 0.3 is 0 Å². The summed E-state index contributed by atoms with van der Waals surface area (Å²) in [4.78, 5) is 213. The molecule has 0 bridgehead atoms. The number of rotatable bonds is 12. The lowest BCUT2D eigenvalue weighted by Gasteiger charge is -2.33. The van der Waals surface area contributed by atoms with E-state index in [2.05, 4.69) is 53.2 Å². The Morgan fingerprint density at radius 1 is 0.500 bits per heavy atom. The van der Waals surface area contributed by atoms with Gasteiger partial charge in [0.25, 0.3) is 0 Å². The van der Waals surface area contributed by atoms with Gasteiger partial charge in [-0.25, -0.2) is 0 Å². The molecule has 2 aliphatic heterocycles. The molecule has 5 rings (SSSR count). The van der Waals surface area contributed by atoms with Crippen molar-refractivity contribution in [2.24, 2.45) is 17.4 Å². The number of carbonyl (C=O) groups is 15. The number of nitrogens with one attached hydrogen (secondary N) is 10. The number of hydrogen-bond donors (Lipinski definition) is 14. The molecule has 2 heterocycles. The number of amides is 15. The summed E-state index contributed by atoms with van der Waals surface area (Å²) in [6.45, 7) is 10.6. The molecule has 15 amide bonds. The highest BCUT2D eigenvalue weighted by molar-refractivity contribution is 8.00. The zero-order chi connectivity index (χ0) is 76.0. The van der Waals surface area contributed by atoms with Gasteiger partial charge in [-0.1, -0.05) is 98.2 Å². The van der Waals surface area contributed by atoms with E-state index >= 15 is 0 Å². The molecule has 34 heteroatoms. The maximum absolute atomic E-state index is 14.7. The molecule has 0 spiro atoms. The minimum absolute atomic E-state index is 0.0175. The number of benzene rings is 3. The highest BCUT2D eigenvalue weighted by atomic mass is 35.5. The largest absolute Gasteiger partial charge is 0.391 e. The molecule has 102 heavy (non-hydrogen) atoms. The van der Waals surface area contributed by atoms with Crippen LogP contribution < -0.4 is 64.6 Å². The van der Waals surface area contributed by atoms with Crippen molar-refractivity contribution < 1.29 is 82.1 Å². The second kappa shape index (κ2) is 38.9. The molecule has 2 saturated heterocycles. The Bertz CT molecular complexity index is 3520. The smallest absolute Gasteiger partial charge is 0.245 e. The van der Waals surface area contributed by atoms with Gasteiger partial charge in [-0.3, -0.25) is 71.9 Å². The second-order valence-electron chi connectivity index (χ2n) is 25.7. The molecule has 556 valence electrons. The number of aliphatic hydroxyl groups excluding tert-OH is 2. The van der Waals surface area contributed by atoms with Gasteiger partial charge in [0.2, 0.25) is 88.6 Å². The van der Waals surface area contributed by atoms with Crippen molar-refractivity contribution in [3.05, 3.63) is 107 Å². The topological polar surface area (TPSA) is 479 Å². The quantitative estimate of drug-likeness (QED) is 0.0835. The number of nitrogens with zero attached hydrogens (tertiary/aromatic N) is 3. The van der Waals surface area contributed by atoms with Crippen LogP contribution in [0.4, 0.5) is 0 Å². The van der Waals surface area contributed by atoms with Crippen molar-refractivity contribution in [1.29, 1.82) is 0 Å². The monoisotopic (exact) mass is 1460 g/mol. The lowest BCUT2D eigenvalue weighted by Crippen LogP contribution is -2.63. The number of likely N-dealkylation sites (N-methyl/N-ethyl adjacent to an activating group) is 2. The van der Waals surface area contributed by atoms with Crippen LogP contribution in [-0.2, 0) is 91.2 Å². The van der Waals surface area contributed by atoms with Crippen LogP contribution in [0.3, 0.4) is 0 Å². The molecule has 2 aliphatic rings. The van der Waals surface area contributed by atoms with Crippen molar-refractivity contribution in [3.8, 4) is 0 Å². The van der Waals surface area contributed by atoms with Crippen molar-refractivity contribution >= 4 is 112 Å². The minimum Gasteiger partial charge on any atom is -0.391 e. The molecule has 0 saturated carbocycles. The molecule has 0 aromatic heterocycles. The normalized spacial score (nSPS) is 27.1. The highest BCUT2D eigenvalue weighted by Gasteiger charge is 2.42. The SMILES string of the molecule is CC(C)[C@@H]1NC(=O)[C@H](Cc2ccccc2)NC(=O)CSC[C@@H](C(N)=O)NC(=O)[C@@H]2CCCN2C(=O)[C@H](C)NC(=O)[C@H](CC(N)=O)NC(=O)[C@H](C)N(C)C(=O)[C@H](Cc2ccc(Cl)cc2)NC(=O)[C@H](C)N(C)C(=O)[C@H](Cc2ccccc2)NC(=O)[C@H]([C@@H](C)O)NC(=O)[C@H]([C@@H](C)O)NC(=O)[C@H](C)NC1=O. The maximum Gasteiger partial charge on any atom is 0.245 e. The molecule has 3 aromatic carbocycles. The van der Waals surface area contributed by atoms with Crippen LogP contribution in [0.15, 0.2) is 84.9 Å². The number of hydrogen-bond acceptors (Lipinski definition) is 18. The summed E-state index contributed by atoms with van der Waals surface area (Å²) in [5, 5.41) is 47.4. The van der Waals surface area contributed by atoms with E-state index in [4.69, 9.17) is 23.1 Å². The van der Waals surface area contributed by atoms with Gasteiger partial charge in [0.05, 0.1) is 24.4 Å². The molecule has 0 radical (unpaired) electrons. The molecule has 15 atom stereocenters. The summed E-state index contributed by atoms with van der Waals surface area (Å²) in [7, 11) is 2.46. The number of thioether (sulfide) groups is 1. The van der Waals surface area contributed by atoms with E-state index in [9.17, 15) is 82.1 Å². The first-order chi connectivity index (χ1) is 48.0. The molecular formula is C68H94ClN15O17S. The second-order valence-corrected chi connectivity index (χ2v) is 27.2. The van der Waals surface area contributed by atoms with Crippen LogP contribution in [0.2, 0.25) is 5.02 Å². The number of carbonyl (C=O) groups excluding carboxylic acids is 15. The number of fused-ring (bicyclic) bond motifs is 1. The van der Waals surface area contributed by atoms with Crippen molar-refractivity contribution in [2.45, 2.75) is 185 Å². The fourth-order valence-electron chi connectivity index (χ4n) is 11.0. The number of primary amides is 2. The summed E-state index contributed by atoms with van der Waals surface area (Å²) in [5.41, 5.74) is 12.8. The summed E-state index contributed by atoms with van der Waals surface area (Å²) in [6, 6.07) is 3.38. The maximum atomic E-state index is 14.7. The Morgan fingerprint density at radius 3 is 1.42 bits per heavy atom. The van der Waals surface area contributed by atoms with Crippen LogP contribution in [-0.4, -0.2) is 236 Å². The Balaban J connectivity index is 1.51. The van der Waals surface area contributed by atoms with Gasteiger partial charge in [0, 0.05) is 50.7 Å². The molecule has 0 unspecified atom stereocenters. The molecule has 2 fully saturated rings. The standard InChI is InChI=1S/C68H94ClN15O17S/c1-34(2)53-63(96)72-35(3)57(90)80-55(40(8)86)65(98)81-54(39(7)85)64(97)77-48(29-42-20-15-12-16-21-42)68(101)83(10)38(6)59(92)76-47(30-43-23-25-44(69)26-24-43)67(100)82(9)37(5)58(91)75-46(31-51(70)87)60(93)73-36(4)66(99)84-27-17-22-50(84)62(95)78-49(56(71)89)32-102-33-52(88)74-45(61(94)79-53)28-41-18-13-11-14-19-41/h11-16,18-21,23-26,34-40,45-50,53-55,85-86H,17,22,27-33H2,1-10H3,(H2,70,87)(H2,71,89)(H,72,96)(H,73,93)(H,74,88)(H,75,91)(H,76,92)(H,77,97)(H,78,95)(H,79,94)(H,80,90)(H,81,98)/t35-,36-,37-,38-,39+,40+,45-,46-,47-,48-,49-,50-,53-,54-,55-/m0/s1. The third-order valence-electron chi connectivity index (χ3n) is 17.3. The average Bonchev–Trinajstić information content (AvgIpc) is 1.46. The van der Waals surface area contributed by atoms with Crippen molar-refractivity contribution in [1.82, 2.24) is 67.9 Å². The minimum atomic E-state index is -1.89. The zero-order valence-electron chi connectivity index (χ0n) is 58.5. The molecule has 3 aromatic rings. The van der Waals surface area contributed by atoms with Gasteiger partial charge in [-0.15, -0.1) is 11.8 Å². The van der Waals surface area contributed by atoms with E-state index in [1.807, 2.05) is 0 Å². The van der Waals surface area contributed by atoms with E-state index in [0.29, 0.717) is 28.1 Å². The Labute approximate surface area is 600 Å². The van der Waals surface area contributed by atoms with E-state index in [1.165, 1.54) is 53.9 Å². The Kier molecular flexibility index (Phi) is 31.6. The Hall–Kier alpha value is -9.73. The van der Waals surface area contributed by atoms with E-state index in [-0.39, 0.29) is 38.0 Å². The molecule has 16 N–H and O–H groups in total. The van der Waals surface area contributed by atoms with E-state index in [1.54, 1.807) is 86.6 Å². The molecule has 0 aliphatic carbocycles. The molecular weight excluding hydrogens is 1370 g/mol. The number of aliphatic hydroxyl groups is 2. The number of halogens is 1. The number of nitrogens with two attached hydrogens (primary N) is 2.